The first-order valence-electron chi connectivity index (χ1n) is 7.07. The Bertz CT molecular complexity index is 561. The van der Waals surface area contributed by atoms with Crippen molar-refractivity contribution in [3.63, 3.8) is 0 Å². The van der Waals surface area contributed by atoms with Gasteiger partial charge in [-0.25, -0.2) is 4.79 Å². The van der Waals surface area contributed by atoms with Crippen LogP contribution in [0.15, 0.2) is 30.3 Å². The number of carboxylic acids is 1. The van der Waals surface area contributed by atoms with Crippen LogP contribution in [0, 0.1) is 0 Å². The van der Waals surface area contributed by atoms with E-state index in [0.717, 1.165) is 5.56 Å². The van der Waals surface area contributed by atoms with Gasteiger partial charge < -0.3 is 20.6 Å². The van der Waals surface area contributed by atoms with Gasteiger partial charge >= 0.3 is 12.0 Å². The summed E-state index contributed by atoms with van der Waals surface area (Å²) in [5.74, 6) is -1.14. The molecule has 3 N–H and O–H groups in total. The Morgan fingerprint density at radius 1 is 1.36 bits per heavy atom. The molecule has 1 aliphatic rings. The number of nitrogens with zero attached hydrogens (tertiary/aromatic N) is 1. The zero-order chi connectivity index (χ0) is 16.1. The fourth-order valence-electron chi connectivity index (χ4n) is 2.31. The van der Waals surface area contributed by atoms with Crippen molar-refractivity contribution in [2.75, 3.05) is 6.54 Å². The first-order chi connectivity index (χ1) is 10.5. The molecule has 1 heterocycles. The van der Waals surface area contributed by atoms with Gasteiger partial charge in [0, 0.05) is 19.5 Å². The molecule has 2 rings (SSSR count). The second-order valence-electron chi connectivity index (χ2n) is 5.34. The third-order valence-corrected chi connectivity index (χ3v) is 3.48. The van der Waals surface area contributed by atoms with Crippen LogP contribution in [-0.2, 0) is 16.1 Å². The van der Waals surface area contributed by atoms with Crippen LogP contribution < -0.4 is 10.6 Å². The Balaban J connectivity index is 1.84. The minimum absolute atomic E-state index is 0.0274. The van der Waals surface area contributed by atoms with Gasteiger partial charge in [-0.1, -0.05) is 30.3 Å². The molecule has 1 fully saturated rings. The number of carboxylic acid groups (broad SMARTS) is 1. The molecule has 7 heteroatoms. The second-order valence-corrected chi connectivity index (χ2v) is 5.34. The number of carbonyl (C=O) groups excluding carboxylic acids is 2. The average Bonchev–Trinajstić information content (AvgIpc) is 2.79. The van der Waals surface area contributed by atoms with Gasteiger partial charge in [-0.3, -0.25) is 9.59 Å². The van der Waals surface area contributed by atoms with E-state index in [0.29, 0.717) is 13.1 Å². The van der Waals surface area contributed by atoms with Gasteiger partial charge in [0.15, 0.2) is 0 Å². The van der Waals surface area contributed by atoms with Crippen LogP contribution in [0.5, 0.6) is 0 Å². The highest BCUT2D eigenvalue weighted by Crippen LogP contribution is 2.14. The van der Waals surface area contributed by atoms with Crippen molar-refractivity contribution in [2.24, 2.45) is 0 Å². The second kappa shape index (κ2) is 6.93. The molecular formula is C15H19N3O4. The fourth-order valence-corrected chi connectivity index (χ4v) is 2.31. The number of urea groups is 1. The summed E-state index contributed by atoms with van der Waals surface area (Å²) in [5.41, 5.74) is 1.03. The fraction of sp³-hybridized carbons (Fsp3) is 0.400. The highest BCUT2D eigenvalue weighted by atomic mass is 16.4. The molecule has 3 amide bonds. The van der Waals surface area contributed by atoms with Gasteiger partial charge in [-0.15, -0.1) is 0 Å². The van der Waals surface area contributed by atoms with Crippen LogP contribution >= 0.6 is 0 Å². The number of nitrogens with one attached hydrogen (secondary N) is 2. The Morgan fingerprint density at radius 2 is 2.05 bits per heavy atom. The predicted octanol–water partition coefficient (Wildman–Crippen LogP) is 0.560. The number of hydrogen-bond acceptors (Lipinski definition) is 3. The minimum Gasteiger partial charge on any atom is -0.480 e. The molecule has 0 saturated carbocycles. The summed E-state index contributed by atoms with van der Waals surface area (Å²) in [5, 5.41) is 13.7. The molecule has 0 aromatic heterocycles. The van der Waals surface area contributed by atoms with E-state index in [1.54, 1.807) is 4.90 Å². The molecule has 0 bridgehead atoms. The van der Waals surface area contributed by atoms with Crippen molar-refractivity contribution in [1.29, 1.82) is 0 Å². The van der Waals surface area contributed by atoms with E-state index in [4.69, 9.17) is 5.11 Å². The van der Waals surface area contributed by atoms with Crippen LogP contribution in [-0.4, -0.2) is 46.5 Å². The lowest BCUT2D eigenvalue weighted by molar-refractivity contribution is -0.138. The van der Waals surface area contributed by atoms with E-state index in [9.17, 15) is 14.4 Å². The molecule has 2 atom stereocenters. The molecule has 2 unspecified atom stereocenters. The maximum atomic E-state index is 12.0. The van der Waals surface area contributed by atoms with Gasteiger partial charge in [0.2, 0.25) is 5.91 Å². The Morgan fingerprint density at radius 3 is 2.68 bits per heavy atom. The summed E-state index contributed by atoms with van der Waals surface area (Å²) in [6.45, 7) is 2.30. The van der Waals surface area contributed by atoms with Crippen LogP contribution in [0.25, 0.3) is 0 Å². The number of rotatable bonds is 5. The van der Waals surface area contributed by atoms with Crippen LogP contribution in [0.1, 0.15) is 18.9 Å². The molecule has 1 aromatic carbocycles. The average molecular weight is 305 g/mol. The van der Waals surface area contributed by atoms with Crippen LogP contribution in [0.2, 0.25) is 0 Å². The molecule has 0 aliphatic carbocycles. The SMILES string of the molecule is CC(NC(=O)NC1CC(=O)N(Cc2ccccc2)C1)C(=O)O. The monoisotopic (exact) mass is 305 g/mol. The number of amides is 3. The first-order valence-corrected chi connectivity index (χ1v) is 7.07. The maximum Gasteiger partial charge on any atom is 0.325 e. The summed E-state index contributed by atoms with van der Waals surface area (Å²) in [6, 6.07) is 7.75. The van der Waals surface area contributed by atoms with E-state index in [1.165, 1.54) is 6.92 Å². The largest absolute Gasteiger partial charge is 0.480 e. The lowest BCUT2D eigenvalue weighted by Gasteiger charge is -2.18. The first kappa shape index (κ1) is 15.8. The zero-order valence-corrected chi connectivity index (χ0v) is 12.3. The lowest BCUT2D eigenvalue weighted by atomic mass is 10.2. The number of carbonyl (C=O) groups is 3. The summed E-state index contributed by atoms with van der Waals surface area (Å²) in [7, 11) is 0. The van der Waals surface area contributed by atoms with Crippen molar-refractivity contribution < 1.29 is 19.5 Å². The van der Waals surface area contributed by atoms with Gasteiger partial charge in [0.1, 0.15) is 6.04 Å². The molecule has 0 spiro atoms. The summed E-state index contributed by atoms with van der Waals surface area (Å²) < 4.78 is 0. The highest BCUT2D eigenvalue weighted by Gasteiger charge is 2.30. The van der Waals surface area contributed by atoms with Gasteiger partial charge in [0.25, 0.3) is 0 Å². The molecule has 1 aromatic rings. The van der Waals surface area contributed by atoms with Crippen LogP contribution in [0.4, 0.5) is 4.79 Å². The molecule has 118 valence electrons. The molecule has 1 saturated heterocycles. The van der Waals surface area contributed by atoms with Crippen molar-refractivity contribution in [3.05, 3.63) is 35.9 Å². The summed E-state index contributed by atoms with van der Waals surface area (Å²) in [6.07, 6.45) is 0.224. The minimum atomic E-state index is -1.11. The molecule has 7 nitrogen and oxygen atoms in total. The normalized spacial score (nSPS) is 18.9. The number of benzene rings is 1. The predicted molar refractivity (Wildman–Crippen MR) is 79.0 cm³/mol. The number of likely N-dealkylation sites (tertiary alicyclic amines) is 1. The number of aliphatic carboxylic acids is 1. The van der Waals surface area contributed by atoms with E-state index < -0.39 is 18.0 Å². The third kappa shape index (κ3) is 4.21. The molecule has 1 aliphatic heterocycles. The topological polar surface area (TPSA) is 98.7 Å². The van der Waals surface area contributed by atoms with E-state index in [1.807, 2.05) is 30.3 Å². The quantitative estimate of drug-likeness (QED) is 0.740. The maximum absolute atomic E-state index is 12.0. The van der Waals surface area contributed by atoms with E-state index in [-0.39, 0.29) is 18.4 Å². The van der Waals surface area contributed by atoms with Crippen molar-refractivity contribution in [2.45, 2.75) is 32.0 Å². The smallest absolute Gasteiger partial charge is 0.325 e. The molecule has 0 radical (unpaired) electrons. The standard InChI is InChI=1S/C15H19N3O4/c1-10(14(20)21)16-15(22)17-12-7-13(19)18(9-12)8-11-5-3-2-4-6-11/h2-6,10,12H,7-9H2,1H3,(H,20,21)(H2,16,17,22). The summed E-state index contributed by atoms with van der Waals surface area (Å²) in [4.78, 5) is 36.0. The number of hydrogen-bond donors (Lipinski definition) is 3. The van der Waals surface area contributed by atoms with Crippen molar-refractivity contribution >= 4 is 17.9 Å². The Hall–Kier alpha value is -2.57. The molecule has 22 heavy (non-hydrogen) atoms. The van der Waals surface area contributed by atoms with E-state index >= 15 is 0 Å². The van der Waals surface area contributed by atoms with E-state index in [2.05, 4.69) is 10.6 Å². The lowest BCUT2D eigenvalue weighted by Crippen LogP contribution is -2.48. The van der Waals surface area contributed by atoms with Crippen molar-refractivity contribution in [1.82, 2.24) is 15.5 Å². The van der Waals surface area contributed by atoms with Crippen molar-refractivity contribution in [3.8, 4) is 0 Å². The van der Waals surface area contributed by atoms with Crippen LogP contribution in [0.3, 0.4) is 0 Å². The van der Waals surface area contributed by atoms with Gasteiger partial charge in [0.05, 0.1) is 6.04 Å². The zero-order valence-electron chi connectivity index (χ0n) is 12.3. The summed E-state index contributed by atoms with van der Waals surface area (Å²) >= 11 is 0. The Labute approximate surface area is 128 Å². The highest BCUT2D eigenvalue weighted by molar-refractivity contribution is 5.84. The molecular weight excluding hydrogens is 286 g/mol. The van der Waals surface area contributed by atoms with Gasteiger partial charge in [-0.05, 0) is 12.5 Å². The van der Waals surface area contributed by atoms with Gasteiger partial charge in [-0.2, -0.15) is 0 Å². The third-order valence-electron chi connectivity index (χ3n) is 3.48. The Kier molecular flexibility index (Phi) is 4.98.